The molecule has 148 valence electrons. The van der Waals surface area contributed by atoms with E-state index in [1.54, 1.807) is 31.4 Å². The zero-order valence-electron chi connectivity index (χ0n) is 17.0. The Balaban J connectivity index is 1.78. The van der Waals surface area contributed by atoms with Gasteiger partial charge in [0.15, 0.2) is 0 Å². The zero-order valence-corrected chi connectivity index (χ0v) is 17.0. The molecule has 0 aromatic heterocycles. The summed E-state index contributed by atoms with van der Waals surface area (Å²) < 4.78 is 5.18. The minimum atomic E-state index is -0.0186. The topological polar surface area (TPSA) is 58.6 Å². The Hall–Kier alpha value is -2.82. The fourth-order valence-corrected chi connectivity index (χ4v) is 3.59. The van der Waals surface area contributed by atoms with Crippen molar-refractivity contribution < 1.29 is 14.3 Å². The Morgan fingerprint density at radius 3 is 2.54 bits per heavy atom. The normalized spacial score (nSPS) is 15.5. The van der Waals surface area contributed by atoms with Gasteiger partial charge in [0.25, 0.3) is 5.91 Å². The maximum Gasteiger partial charge on any atom is 0.258 e. The summed E-state index contributed by atoms with van der Waals surface area (Å²) in [5.74, 6) is 1.09. The van der Waals surface area contributed by atoms with Crippen LogP contribution in [0.4, 0.5) is 5.69 Å². The van der Waals surface area contributed by atoms with E-state index in [2.05, 4.69) is 18.3 Å². The molecule has 0 spiro atoms. The summed E-state index contributed by atoms with van der Waals surface area (Å²) in [5, 5.41) is 2.96. The first kappa shape index (κ1) is 19.9. The second-order valence-corrected chi connectivity index (χ2v) is 7.79. The van der Waals surface area contributed by atoms with Crippen LogP contribution >= 0.6 is 0 Å². The van der Waals surface area contributed by atoms with Crippen molar-refractivity contribution in [3.63, 3.8) is 0 Å². The van der Waals surface area contributed by atoms with Crippen LogP contribution in [0.1, 0.15) is 48.7 Å². The van der Waals surface area contributed by atoms with Crippen molar-refractivity contribution in [3.05, 3.63) is 59.2 Å². The number of fused-ring (bicyclic) bond motifs is 1. The lowest BCUT2D eigenvalue weighted by atomic mass is 10.1. The van der Waals surface area contributed by atoms with Gasteiger partial charge in [0.1, 0.15) is 5.75 Å². The van der Waals surface area contributed by atoms with Gasteiger partial charge in [0, 0.05) is 30.3 Å². The van der Waals surface area contributed by atoms with Crippen molar-refractivity contribution in [2.24, 2.45) is 5.92 Å². The molecule has 0 bridgehead atoms. The molecule has 0 aliphatic carbocycles. The van der Waals surface area contributed by atoms with Crippen LogP contribution in [-0.2, 0) is 17.8 Å². The SMILES string of the molecule is COc1ccc(C(=O)N2c3cc(CNC(=O)CC(C)C)ccc3C[C@H]2C)cc1. The standard InChI is InChI=1S/C23H28N2O3/c1-15(2)11-22(26)24-14-17-5-6-19-12-16(3)25(21(19)13-17)23(27)18-7-9-20(28-4)10-8-18/h5-10,13,15-16H,11-12,14H2,1-4H3,(H,24,26)/t16-/m1/s1. The Morgan fingerprint density at radius 1 is 1.18 bits per heavy atom. The molecule has 5 nitrogen and oxygen atoms in total. The molecule has 1 N–H and O–H groups in total. The molecule has 0 fully saturated rings. The third-order valence-corrected chi connectivity index (χ3v) is 5.00. The highest BCUT2D eigenvalue weighted by molar-refractivity contribution is 6.07. The summed E-state index contributed by atoms with van der Waals surface area (Å²) >= 11 is 0. The van der Waals surface area contributed by atoms with E-state index < -0.39 is 0 Å². The predicted octanol–water partition coefficient (Wildman–Crippen LogP) is 3.95. The van der Waals surface area contributed by atoms with Gasteiger partial charge in [-0.25, -0.2) is 0 Å². The lowest BCUT2D eigenvalue weighted by Crippen LogP contribution is -2.35. The van der Waals surface area contributed by atoms with Gasteiger partial charge in [0.2, 0.25) is 5.91 Å². The third kappa shape index (κ3) is 4.35. The van der Waals surface area contributed by atoms with Crippen LogP contribution in [0.15, 0.2) is 42.5 Å². The van der Waals surface area contributed by atoms with Crippen LogP contribution in [0.25, 0.3) is 0 Å². The van der Waals surface area contributed by atoms with E-state index in [1.807, 2.05) is 30.9 Å². The molecule has 28 heavy (non-hydrogen) atoms. The third-order valence-electron chi connectivity index (χ3n) is 5.00. The van der Waals surface area contributed by atoms with E-state index >= 15 is 0 Å². The highest BCUT2D eigenvalue weighted by atomic mass is 16.5. The second-order valence-electron chi connectivity index (χ2n) is 7.79. The molecule has 1 aliphatic rings. The molecule has 0 unspecified atom stereocenters. The molecule has 5 heteroatoms. The highest BCUT2D eigenvalue weighted by Crippen LogP contribution is 2.34. The minimum Gasteiger partial charge on any atom is -0.497 e. The van der Waals surface area contributed by atoms with Gasteiger partial charge >= 0.3 is 0 Å². The minimum absolute atomic E-state index is 0.0186. The Kier molecular flexibility index (Phi) is 6.02. The summed E-state index contributed by atoms with van der Waals surface area (Å²) in [4.78, 5) is 26.9. The van der Waals surface area contributed by atoms with Crippen LogP contribution in [0.5, 0.6) is 5.75 Å². The van der Waals surface area contributed by atoms with Gasteiger partial charge in [-0.05, 0) is 60.7 Å². The summed E-state index contributed by atoms with van der Waals surface area (Å²) in [6, 6.07) is 13.4. The number of benzene rings is 2. The first-order valence-electron chi connectivity index (χ1n) is 9.75. The van der Waals surface area contributed by atoms with E-state index in [9.17, 15) is 9.59 Å². The number of ether oxygens (including phenoxy) is 1. The molecule has 2 amide bonds. The molecule has 2 aromatic carbocycles. The average molecular weight is 380 g/mol. The van der Waals surface area contributed by atoms with Gasteiger partial charge in [0.05, 0.1) is 7.11 Å². The number of nitrogens with one attached hydrogen (secondary N) is 1. The number of nitrogens with zero attached hydrogens (tertiary/aromatic N) is 1. The van der Waals surface area contributed by atoms with Crippen molar-refractivity contribution in [2.75, 3.05) is 12.0 Å². The first-order chi connectivity index (χ1) is 13.4. The Morgan fingerprint density at radius 2 is 1.89 bits per heavy atom. The van der Waals surface area contributed by atoms with E-state index in [0.29, 0.717) is 24.4 Å². The van der Waals surface area contributed by atoms with E-state index in [4.69, 9.17) is 4.74 Å². The van der Waals surface area contributed by atoms with Crippen LogP contribution in [0.3, 0.4) is 0 Å². The Bertz CT molecular complexity index is 859. The van der Waals surface area contributed by atoms with Crippen LogP contribution in [0.2, 0.25) is 0 Å². The highest BCUT2D eigenvalue weighted by Gasteiger charge is 2.31. The van der Waals surface area contributed by atoms with E-state index in [0.717, 1.165) is 29.0 Å². The number of anilines is 1. The molecule has 0 radical (unpaired) electrons. The maximum atomic E-state index is 13.1. The van der Waals surface area contributed by atoms with Crippen molar-refractivity contribution >= 4 is 17.5 Å². The molecule has 0 saturated heterocycles. The molecule has 3 rings (SSSR count). The lowest BCUT2D eigenvalue weighted by Gasteiger charge is -2.23. The van der Waals surface area contributed by atoms with E-state index in [-0.39, 0.29) is 17.9 Å². The van der Waals surface area contributed by atoms with Crippen LogP contribution < -0.4 is 15.0 Å². The number of hydrogen-bond donors (Lipinski definition) is 1. The largest absolute Gasteiger partial charge is 0.497 e. The number of carbonyl (C=O) groups is 2. The van der Waals surface area contributed by atoms with Gasteiger partial charge in [-0.15, -0.1) is 0 Å². The van der Waals surface area contributed by atoms with Crippen molar-refractivity contribution in [3.8, 4) is 5.75 Å². The summed E-state index contributed by atoms with van der Waals surface area (Å²) in [6.45, 7) is 6.58. The predicted molar refractivity (Wildman–Crippen MR) is 111 cm³/mol. The maximum absolute atomic E-state index is 13.1. The lowest BCUT2D eigenvalue weighted by molar-refractivity contribution is -0.121. The van der Waals surface area contributed by atoms with Crippen LogP contribution in [0, 0.1) is 5.92 Å². The number of methoxy groups -OCH3 is 1. The average Bonchev–Trinajstić information content (AvgIpc) is 3.00. The van der Waals surface area contributed by atoms with Crippen LogP contribution in [-0.4, -0.2) is 25.0 Å². The van der Waals surface area contributed by atoms with Gasteiger partial charge in [-0.3, -0.25) is 9.59 Å². The zero-order chi connectivity index (χ0) is 20.3. The van der Waals surface area contributed by atoms with Crippen molar-refractivity contribution in [2.45, 2.75) is 46.2 Å². The van der Waals surface area contributed by atoms with Crippen molar-refractivity contribution in [1.82, 2.24) is 5.32 Å². The molecule has 1 heterocycles. The molecular formula is C23H28N2O3. The fourth-order valence-electron chi connectivity index (χ4n) is 3.59. The molecular weight excluding hydrogens is 352 g/mol. The molecule has 2 aromatic rings. The number of hydrogen-bond acceptors (Lipinski definition) is 3. The number of rotatable bonds is 6. The smallest absolute Gasteiger partial charge is 0.258 e. The quantitative estimate of drug-likeness (QED) is 0.826. The monoisotopic (exact) mass is 380 g/mol. The number of carbonyl (C=O) groups excluding carboxylic acids is 2. The van der Waals surface area contributed by atoms with Gasteiger partial charge < -0.3 is 15.0 Å². The van der Waals surface area contributed by atoms with Gasteiger partial charge in [-0.2, -0.15) is 0 Å². The Labute approximate surface area is 166 Å². The molecule has 0 saturated carbocycles. The summed E-state index contributed by atoms with van der Waals surface area (Å²) in [7, 11) is 1.61. The van der Waals surface area contributed by atoms with Crippen molar-refractivity contribution in [1.29, 1.82) is 0 Å². The number of amides is 2. The summed E-state index contributed by atoms with van der Waals surface area (Å²) in [5.41, 5.74) is 3.73. The second kappa shape index (κ2) is 8.46. The van der Waals surface area contributed by atoms with E-state index in [1.165, 1.54) is 0 Å². The summed E-state index contributed by atoms with van der Waals surface area (Å²) in [6.07, 6.45) is 1.35. The van der Waals surface area contributed by atoms with Gasteiger partial charge in [-0.1, -0.05) is 26.0 Å². The first-order valence-corrected chi connectivity index (χ1v) is 9.75. The molecule has 1 aliphatic heterocycles. The fraction of sp³-hybridized carbons (Fsp3) is 0.391. The molecule has 1 atom stereocenters.